The van der Waals surface area contributed by atoms with Gasteiger partial charge in [0.15, 0.2) is 5.78 Å². The molecule has 3 aliphatic heterocycles. The Labute approximate surface area is 162 Å². The Hall–Kier alpha value is -2.99. The Balaban J connectivity index is 1.61. The lowest BCUT2D eigenvalue weighted by atomic mass is 9.80. The molecule has 6 nitrogen and oxygen atoms in total. The van der Waals surface area contributed by atoms with E-state index in [1.807, 2.05) is 26.0 Å². The van der Waals surface area contributed by atoms with Crippen LogP contribution >= 0.6 is 0 Å². The van der Waals surface area contributed by atoms with E-state index in [0.29, 0.717) is 33.9 Å². The Morgan fingerprint density at radius 1 is 1.21 bits per heavy atom. The molecule has 0 saturated carbocycles. The Morgan fingerprint density at radius 3 is 2.82 bits per heavy atom. The summed E-state index contributed by atoms with van der Waals surface area (Å²) in [6.07, 6.45) is 3.38. The fourth-order valence-corrected chi connectivity index (χ4v) is 4.07. The summed E-state index contributed by atoms with van der Waals surface area (Å²) < 4.78 is 18.0. The van der Waals surface area contributed by atoms with Crippen LogP contribution in [0.2, 0.25) is 0 Å². The van der Waals surface area contributed by atoms with E-state index < -0.39 is 17.6 Å². The molecule has 2 N–H and O–H groups in total. The molecule has 0 amide bonds. The van der Waals surface area contributed by atoms with Gasteiger partial charge in [-0.3, -0.25) is 4.79 Å². The Bertz CT molecular complexity index is 1040. The summed E-state index contributed by atoms with van der Waals surface area (Å²) in [5, 5.41) is 19.5. The van der Waals surface area contributed by atoms with Crippen LogP contribution in [0.1, 0.15) is 46.8 Å². The zero-order valence-electron chi connectivity index (χ0n) is 15.6. The first-order valence-corrected chi connectivity index (χ1v) is 9.23. The summed E-state index contributed by atoms with van der Waals surface area (Å²) in [5.41, 5.74) is 1.77. The largest absolute Gasteiger partial charge is 0.508 e. The summed E-state index contributed by atoms with van der Waals surface area (Å²) in [7, 11) is 0. The second-order valence-electron chi connectivity index (χ2n) is 7.88. The zero-order chi connectivity index (χ0) is 19.6. The lowest BCUT2D eigenvalue weighted by molar-refractivity contribution is 0.0553. The van der Waals surface area contributed by atoms with Crippen molar-refractivity contribution < 1.29 is 29.2 Å². The molecule has 6 heteroatoms. The number of aromatic hydroxyl groups is 1. The molecule has 0 aliphatic carbocycles. The van der Waals surface area contributed by atoms with Crippen molar-refractivity contribution in [2.75, 3.05) is 6.61 Å². The van der Waals surface area contributed by atoms with Crippen LogP contribution in [0.4, 0.5) is 0 Å². The maximum atomic E-state index is 13.4. The number of ether oxygens (including phenoxy) is 3. The van der Waals surface area contributed by atoms with Crippen LogP contribution in [0.25, 0.3) is 6.08 Å². The number of fused-ring (bicyclic) bond motifs is 6. The predicted octanol–water partition coefficient (Wildman–Crippen LogP) is 3.19. The van der Waals surface area contributed by atoms with Crippen LogP contribution in [0.15, 0.2) is 30.3 Å². The van der Waals surface area contributed by atoms with Gasteiger partial charge in [0.2, 0.25) is 0 Å². The highest BCUT2D eigenvalue weighted by Crippen LogP contribution is 2.48. The summed E-state index contributed by atoms with van der Waals surface area (Å²) in [6, 6.07) is 6.61. The lowest BCUT2D eigenvalue weighted by Crippen LogP contribution is -2.43. The smallest absolute Gasteiger partial charge is 0.178 e. The first-order chi connectivity index (χ1) is 13.4. The molecule has 2 aromatic rings. The first kappa shape index (κ1) is 17.1. The molecule has 144 valence electrons. The zero-order valence-corrected chi connectivity index (χ0v) is 15.6. The topological polar surface area (TPSA) is 85.2 Å². The van der Waals surface area contributed by atoms with Crippen molar-refractivity contribution in [2.24, 2.45) is 0 Å². The van der Waals surface area contributed by atoms with Gasteiger partial charge < -0.3 is 24.4 Å². The van der Waals surface area contributed by atoms with Gasteiger partial charge in [0.05, 0.1) is 23.7 Å². The van der Waals surface area contributed by atoms with E-state index in [1.54, 1.807) is 18.2 Å². The summed E-state index contributed by atoms with van der Waals surface area (Å²) in [5.74, 6) is 0.976. The molecule has 0 fully saturated rings. The fourth-order valence-electron chi connectivity index (χ4n) is 4.07. The van der Waals surface area contributed by atoms with Gasteiger partial charge >= 0.3 is 0 Å². The van der Waals surface area contributed by atoms with Crippen molar-refractivity contribution in [1.29, 1.82) is 0 Å². The molecular weight excluding hydrogens is 360 g/mol. The predicted molar refractivity (Wildman–Crippen MR) is 101 cm³/mol. The van der Waals surface area contributed by atoms with Gasteiger partial charge in [-0.05, 0) is 50.3 Å². The second-order valence-corrected chi connectivity index (χ2v) is 7.88. The lowest BCUT2D eigenvalue weighted by Gasteiger charge is -2.38. The van der Waals surface area contributed by atoms with Crippen molar-refractivity contribution in [2.45, 2.75) is 38.1 Å². The van der Waals surface area contributed by atoms with E-state index in [4.69, 9.17) is 14.2 Å². The monoisotopic (exact) mass is 380 g/mol. The Kier molecular flexibility index (Phi) is 3.52. The second kappa shape index (κ2) is 5.75. The van der Waals surface area contributed by atoms with E-state index in [2.05, 4.69) is 0 Å². The maximum Gasteiger partial charge on any atom is 0.178 e. The molecule has 0 saturated heterocycles. The number of ketones is 1. The van der Waals surface area contributed by atoms with Gasteiger partial charge in [-0.15, -0.1) is 0 Å². The van der Waals surface area contributed by atoms with Crippen LogP contribution in [0.5, 0.6) is 23.0 Å². The van der Waals surface area contributed by atoms with E-state index >= 15 is 0 Å². The number of carbonyl (C=O) groups is 1. The van der Waals surface area contributed by atoms with Crippen molar-refractivity contribution in [3.63, 3.8) is 0 Å². The molecule has 2 aromatic carbocycles. The van der Waals surface area contributed by atoms with Gasteiger partial charge in [0, 0.05) is 11.1 Å². The van der Waals surface area contributed by atoms with Crippen LogP contribution in [0.3, 0.4) is 0 Å². The summed E-state index contributed by atoms with van der Waals surface area (Å²) >= 11 is 0. The highest BCUT2D eigenvalue weighted by atomic mass is 16.5. The minimum absolute atomic E-state index is 0.0619. The fraction of sp³-hybridized carbons (Fsp3) is 0.318. The third-order valence-corrected chi connectivity index (χ3v) is 5.49. The van der Waals surface area contributed by atoms with E-state index in [0.717, 1.165) is 5.56 Å². The molecule has 3 aliphatic rings. The number of hydrogen-bond donors (Lipinski definition) is 2. The summed E-state index contributed by atoms with van der Waals surface area (Å²) in [4.78, 5) is 13.4. The van der Waals surface area contributed by atoms with Gasteiger partial charge in [-0.2, -0.15) is 0 Å². The average Bonchev–Trinajstić information content (AvgIpc) is 2.66. The number of carbonyl (C=O) groups excluding carboxylic acids is 1. The molecule has 2 atom stereocenters. The van der Waals surface area contributed by atoms with Gasteiger partial charge in [0.1, 0.15) is 41.3 Å². The SMILES string of the molecule is CC1(C)C=Cc2c(ccc3c2O[C@@H]2COc4cc(CO)c(O)cc4[C@@H]2C3=O)O1. The number of rotatable bonds is 1. The number of benzene rings is 2. The maximum absolute atomic E-state index is 13.4. The average molecular weight is 380 g/mol. The molecule has 0 radical (unpaired) electrons. The molecule has 5 rings (SSSR count). The van der Waals surface area contributed by atoms with Gasteiger partial charge in [-0.25, -0.2) is 0 Å². The molecule has 3 heterocycles. The molecule has 0 spiro atoms. The van der Waals surface area contributed by atoms with E-state index in [1.165, 1.54) is 6.07 Å². The third-order valence-electron chi connectivity index (χ3n) is 5.49. The number of aliphatic hydroxyl groups is 1. The molecule has 0 bridgehead atoms. The minimum Gasteiger partial charge on any atom is -0.508 e. The van der Waals surface area contributed by atoms with Crippen LogP contribution < -0.4 is 14.2 Å². The minimum atomic E-state index is -0.571. The molecule has 0 aromatic heterocycles. The molecular formula is C22H20O6. The van der Waals surface area contributed by atoms with Crippen molar-refractivity contribution in [3.05, 3.63) is 52.6 Å². The standard InChI is InChI=1S/C22H20O6/c1-22(2)6-5-12-16(28-22)4-3-13-20(25)19-14-8-15(24)11(9-23)7-17(14)26-10-18(19)27-21(12)13/h3-8,18-19,23-24H,9-10H2,1-2H3/t18-,19+/m1/s1. The number of hydrogen-bond acceptors (Lipinski definition) is 6. The van der Waals surface area contributed by atoms with E-state index in [-0.39, 0.29) is 24.7 Å². The van der Waals surface area contributed by atoms with Gasteiger partial charge in [0.25, 0.3) is 0 Å². The normalized spacial score (nSPS) is 23.3. The number of Topliss-reactive ketones (excluding diaryl/α,β-unsaturated/α-hetero) is 1. The molecule has 0 unspecified atom stereocenters. The van der Waals surface area contributed by atoms with Crippen LogP contribution in [-0.2, 0) is 6.61 Å². The third kappa shape index (κ3) is 2.41. The van der Waals surface area contributed by atoms with Crippen LogP contribution in [0, 0.1) is 0 Å². The highest BCUT2D eigenvalue weighted by molar-refractivity contribution is 6.06. The van der Waals surface area contributed by atoms with Gasteiger partial charge in [-0.1, -0.05) is 0 Å². The highest BCUT2D eigenvalue weighted by Gasteiger charge is 2.44. The van der Waals surface area contributed by atoms with Crippen molar-refractivity contribution in [3.8, 4) is 23.0 Å². The van der Waals surface area contributed by atoms with E-state index in [9.17, 15) is 15.0 Å². The van der Waals surface area contributed by atoms with Crippen molar-refractivity contribution in [1.82, 2.24) is 0 Å². The first-order valence-electron chi connectivity index (χ1n) is 9.23. The van der Waals surface area contributed by atoms with Crippen molar-refractivity contribution >= 4 is 11.9 Å². The number of aliphatic hydroxyl groups excluding tert-OH is 1. The Morgan fingerprint density at radius 2 is 2.04 bits per heavy atom. The summed E-state index contributed by atoms with van der Waals surface area (Å²) in [6.45, 7) is 3.83. The quantitative estimate of drug-likeness (QED) is 0.790. The van der Waals surface area contributed by atoms with Crippen LogP contribution in [-0.4, -0.2) is 34.3 Å². The number of phenols is 1. The molecule has 28 heavy (non-hydrogen) atoms.